The summed E-state index contributed by atoms with van der Waals surface area (Å²) in [5.41, 5.74) is 1.46. The molecule has 25 heavy (non-hydrogen) atoms. The molecule has 0 fully saturated rings. The molecule has 2 N–H and O–H groups in total. The number of thiazole rings is 1. The van der Waals surface area contributed by atoms with Gasteiger partial charge in [0.15, 0.2) is 16.5 Å². The van der Waals surface area contributed by atoms with Gasteiger partial charge in [0.2, 0.25) is 0 Å². The van der Waals surface area contributed by atoms with E-state index in [0.29, 0.717) is 35.3 Å². The van der Waals surface area contributed by atoms with Crippen LogP contribution in [0.15, 0.2) is 42.5 Å². The SMILES string of the molecule is O=C(NCC(O)c1ccc2c(c1)OCCO2)c1nc2ccccc2s1. The quantitative estimate of drug-likeness (QED) is 0.751. The predicted molar refractivity (Wildman–Crippen MR) is 94.3 cm³/mol. The minimum Gasteiger partial charge on any atom is -0.486 e. The Morgan fingerprint density at radius 2 is 2.00 bits per heavy atom. The number of aliphatic hydroxyl groups is 1. The number of ether oxygens (including phenoxy) is 2. The van der Waals surface area contributed by atoms with Crippen LogP contribution in [-0.2, 0) is 0 Å². The van der Waals surface area contributed by atoms with E-state index in [1.165, 1.54) is 11.3 Å². The number of para-hydroxylation sites is 1. The minimum atomic E-state index is -0.839. The molecule has 1 amide bonds. The van der Waals surface area contributed by atoms with E-state index in [0.717, 1.165) is 10.2 Å². The Labute approximate surface area is 148 Å². The summed E-state index contributed by atoms with van der Waals surface area (Å²) in [6.45, 7) is 1.10. The standard InChI is InChI=1S/C18H16N2O4S/c21-13(11-5-6-14-15(9-11)24-8-7-23-14)10-19-17(22)18-20-12-3-1-2-4-16(12)25-18/h1-6,9,13,21H,7-8,10H2,(H,19,22). The highest BCUT2D eigenvalue weighted by molar-refractivity contribution is 7.20. The van der Waals surface area contributed by atoms with Gasteiger partial charge in [0.05, 0.1) is 16.3 Å². The summed E-state index contributed by atoms with van der Waals surface area (Å²) in [6.07, 6.45) is -0.839. The molecule has 0 radical (unpaired) electrons. The van der Waals surface area contributed by atoms with Crippen molar-refractivity contribution in [3.05, 3.63) is 53.0 Å². The fourth-order valence-electron chi connectivity index (χ4n) is 2.62. The van der Waals surface area contributed by atoms with Crippen LogP contribution < -0.4 is 14.8 Å². The zero-order valence-electron chi connectivity index (χ0n) is 13.3. The Hall–Kier alpha value is -2.64. The van der Waals surface area contributed by atoms with Crippen molar-refractivity contribution in [1.82, 2.24) is 10.3 Å². The first-order valence-electron chi connectivity index (χ1n) is 7.92. The molecule has 1 aliphatic rings. The summed E-state index contributed by atoms with van der Waals surface area (Å²) in [5, 5.41) is 13.4. The van der Waals surface area contributed by atoms with Crippen molar-refractivity contribution in [2.45, 2.75) is 6.10 Å². The second-order valence-electron chi connectivity index (χ2n) is 5.62. The monoisotopic (exact) mass is 356 g/mol. The Bertz CT molecular complexity index is 891. The molecule has 3 aromatic rings. The molecule has 1 aliphatic heterocycles. The number of nitrogens with one attached hydrogen (secondary N) is 1. The number of rotatable bonds is 4. The van der Waals surface area contributed by atoms with Crippen LogP contribution in [0.4, 0.5) is 0 Å². The molecule has 7 heteroatoms. The van der Waals surface area contributed by atoms with Crippen LogP contribution in [0.1, 0.15) is 21.5 Å². The van der Waals surface area contributed by atoms with Gasteiger partial charge in [-0.15, -0.1) is 11.3 Å². The van der Waals surface area contributed by atoms with Crippen molar-refractivity contribution in [3.63, 3.8) is 0 Å². The van der Waals surface area contributed by atoms with Gasteiger partial charge >= 0.3 is 0 Å². The third-order valence-electron chi connectivity index (χ3n) is 3.90. The number of carbonyl (C=O) groups is 1. The number of hydrogen-bond donors (Lipinski definition) is 2. The topological polar surface area (TPSA) is 80.7 Å². The summed E-state index contributed by atoms with van der Waals surface area (Å²) >= 11 is 1.33. The summed E-state index contributed by atoms with van der Waals surface area (Å²) < 4.78 is 11.9. The molecule has 0 bridgehead atoms. The average Bonchev–Trinajstić information content (AvgIpc) is 3.09. The molecular formula is C18H16N2O4S. The predicted octanol–water partition coefficient (Wildman–Crippen LogP) is 2.53. The maximum atomic E-state index is 12.3. The third kappa shape index (κ3) is 3.29. The van der Waals surface area contributed by atoms with Gasteiger partial charge in [-0.1, -0.05) is 18.2 Å². The van der Waals surface area contributed by atoms with Gasteiger partial charge in [0.25, 0.3) is 5.91 Å². The van der Waals surface area contributed by atoms with E-state index in [-0.39, 0.29) is 12.5 Å². The highest BCUT2D eigenvalue weighted by Gasteiger charge is 2.17. The summed E-state index contributed by atoms with van der Waals surface area (Å²) in [7, 11) is 0. The molecule has 1 atom stereocenters. The maximum Gasteiger partial charge on any atom is 0.280 e. The lowest BCUT2D eigenvalue weighted by atomic mass is 10.1. The van der Waals surface area contributed by atoms with E-state index in [4.69, 9.17) is 9.47 Å². The van der Waals surface area contributed by atoms with Gasteiger partial charge in [-0.25, -0.2) is 4.98 Å². The number of aliphatic hydroxyl groups excluding tert-OH is 1. The van der Waals surface area contributed by atoms with Crippen LogP contribution in [-0.4, -0.2) is 35.8 Å². The van der Waals surface area contributed by atoms with Crippen molar-refractivity contribution in [2.24, 2.45) is 0 Å². The van der Waals surface area contributed by atoms with Crippen molar-refractivity contribution < 1.29 is 19.4 Å². The Balaban J connectivity index is 1.42. The lowest BCUT2D eigenvalue weighted by Gasteiger charge is -2.20. The van der Waals surface area contributed by atoms with Crippen molar-refractivity contribution in [1.29, 1.82) is 0 Å². The molecular weight excluding hydrogens is 340 g/mol. The van der Waals surface area contributed by atoms with Crippen LogP contribution in [0.25, 0.3) is 10.2 Å². The highest BCUT2D eigenvalue weighted by atomic mass is 32.1. The van der Waals surface area contributed by atoms with Gasteiger partial charge < -0.3 is 19.9 Å². The lowest BCUT2D eigenvalue weighted by molar-refractivity contribution is 0.0915. The van der Waals surface area contributed by atoms with E-state index in [9.17, 15) is 9.90 Å². The molecule has 1 aromatic heterocycles. The molecule has 0 saturated carbocycles. The number of benzene rings is 2. The zero-order chi connectivity index (χ0) is 17.2. The van der Waals surface area contributed by atoms with E-state index >= 15 is 0 Å². The van der Waals surface area contributed by atoms with Crippen LogP contribution >= 0.6 is 11.3 Å². The number of nitrogens with zero attached hydrogens (tertiary/aromatic N) is 1. The Morgan fingerprint density at radius 1 is 1.20 bits per heavy atom. The second-order valence-corrected chi connectivity index (χ2v) is 6.65. The van der Waals surface area contributed by atoms with E-state index in [1.54, 1.807) is 18.2 Å². The molecule has 0 spiro atoms. The van der Waals surface area contributed by atoms with Crippen LogP contribution in [0.2, 0.25) is 0 Å². The third-order valence-corrected chi connectivity index (χ3v) is 4.93. The molecule has 2 aromatic carbocycles. The average molecular weight is 356 g/mol. The molecule has 0 saturated heterocycles. The van der Waals surface area contributed by atoms with Crippen molar-refractivity contribution >= 4 is 27.5 Å². The largest absolute Gasteiger partial charge is 0.486 e. The van der Waals surface area contributed by atoms with Crippen LogP contribution in [0.3, 0.4) is 0 Å². The second kappa shape index (κ2) is 6.70. The van der Waals surface area contributed by atoms with Crippen LogP contribution in [0, 0.1) is 0 Å². The van der Waals surface area contributed by atoms with E-state index in [2.05, 4.69) is 10.3 Å². The lowest BCUT2D eigenvalue weighted by Crippen LogP contribution is -2.28. The number of amides is 1. The van der Waals surface area contributed by atoms with Gasteiger partial charge in [-0.2, -0.15) is 0 Å². The minimum absolute atomic E-state index is 0.0917. The normalized spacial score (nSPS) is 14.3. The first-order valence-corrected chi connectivity index (χ1v) is 8.74. The summed E-state index contributed by atoms with van der Waals surface area (Å²) in [6, 6.07) is 12.9. The maximum absolute atomic E-state index is 12.3. The summed E-state index contributed by atoms with van der Waals surface area (Å²) in [5.74, 6) is 0.985. The van der Waals surface area contributed by atoms with Gasteiger partial charge in [0.1, 0.15) is 13.2 Å². The Kier molecular flexibility index (Phi) is 4.25. The summed E-state index contributed by atoms with van der Waals surface area (Å²) in [4.78, 5) is 16.6. The fourth-order valence-corrected chi connectivity index (χ4v) is 3.50. The van der Waals surface area contributed by atoms with Crippen molar-refractivity contribution in [2.75, 3.05) is 19.8 Å². The smallest absolute Gasteiger partial charge is 0.280 e. The van der Waals surface area contributed by atoms with Gasteiger partial charge in [0, 0.05) is 6.54 Å². The number of fused-ring (bicyclic) bond motifs is 2. The zero-order valence-corrected chi connectivity index (χ0v) is 14.1. The molecule has 6 nitrogen and oxygen atoms in total. The molecule has 4 rings (SSSR count). The molecule has 1 unspecified atom stereocenters. The first kappa shape index (κ1) is 15.9. The van der Waals surface area contributed by atoms with E-state index in [1.807, 2.05) is 24.3 Å². The number of carbonyl (C=O) groups excluding carboxylic acids is 1. The molecule has 128 valence electrons. The van der Waals surface area contributed by atoms with E-state index < -0.39 is 6.10 Å². The fraction of sp³-hybridized carbons (Fsp3) is 0.222. The highest BCUT2D eigenvalue weighted by Crippen LogP contribution is 2.32. The van der Waals surface area contributed by atoms with Gasteiger partial charge in [-0.05, 0) is 29.8 Å². The number of aromatic nitrogens is 1. The first-order chi connectivity index (χ1) is 12.2. The molecule has 2 heterocycles. The van der Waals surface area contributed by atoms with Crippen molar-refractivity contribution in [3.8, 4) is 11.5 Å². The number of hydrogen-bond acceptors (Lipinski definition) is 6. The van der Waals surface area contributed by atoms with Crippen LogP contribution in [0.5, 0.6) is 11.5 Å². The molecule has 0 aliphatic carbocycles. The Morgan fingerprint density at radius 3 is 2.84 bits per heavy atom. The van der Waals surface area contributed by atoms with Gasteiger partial charge in [-0.3, -0.25) is 4.79 Å².